The summed E-state index contributed by atoms with van der Waals surface area (Å²) >= 11 is 0. The first-order valence-electron chi connectivity index (χ1n) is 5.35. The Labute approximate surface area is 86.2 Å². The second-order valence-corrected chi connectivity index (χ2v) is 6.45. The fourth-order valence-corrected chi connectivity index (χ4v) is 3.84. The van der Waals surface area contributed by atoms with Crippen molar-refractivity contribution in [3.8, 4) is 0 Å². The highest BCUT2D eigenvalue weighted by molar-refractivity contribution is 7.59. The first kappa shape index (κ1) is 12.2. The van der Waals surface area contributed by atoms with Crippen molar-refractivity contribution >= 4 is 7.37 Å². The van der Waals surface area contributed by atoms with Crippen molar-refractivity contribution < 1.29 is 9.09 Å². The average molecular weight is 220 g/mol. The van der Waals surface area contributed by atoms with Gasteiger partial charge in [-0.3, -0.25) is 4.57 Å². The zero-order chi connectivity index (χ0) is 10.4. The van der Waals surface area contributed by atoms with Gasteiger partial charge >= 0.3 is 0 Å². The summed E-state index contributed by atoms with van der Waals surface area (Å²) in [6.45, 7) is 6.04. The molecule has 0 aromatic carbocycles. The van der Waals surface area contributed by atoms with E-state index in [0.717, 1.165) is 32.6 Å². The molecule has 1 fully saturated rings. The van der Waals surface area contributed by atoms with Crippen LogP contribution in [0.1, 0.15) is 13.3 Å². The summed E-state index contributed by atoms with van der Waals surface area (Å²) in [6.07, 6.45) is 2.45. The van der Waals surface area contributed by atoms with E-state index in [1.807, 2.05) is 6.92 Å². The van der Waals surface area contributed by atoms with Crippen LogP contribution in [0, 0.1) is 0 Å². The van der Waals surface area contributed by atoms with Gasteiger partial charge in [0.25, 0.3) is 0 Å². The van der Waals surface area contributed by atoms with Crippen LogP contribution in [0.5, 0.6) is 0 Å². The molecule has 0 unspecified atom stereocenters. The van der Waals surface area contributed by atoms with Gasteiger partial charge in [-0.1, -0.05) is 0 Å². The lowest BCUT2D eigenvalue weighted by molar-refractivity contribution is 0.264. The second kappa shape index (κ2) is 5.86. The number of nitrogens with two attached hydrogens (primary N) is 1. The second-order valence-electron chi connectivity index (χ2n) is 3.66. The van der Waals surface area contributed by atoms with Crippen LogP contribution in [0.25, 0.3) is 0 Å². The van der Waals surface area contributed by atoms with E-state index in [2.05, 4.69) is 4.90 Å². The molecule has 0 saturated carbocycles. The molecule has 1 saturated heterocycles. The Hall–Kier alpha value is 0.110. The summed E-state index contributed by atoms with van der Waals surface area (Å²) in [4.78, 5) is 2.32. The van der Waals surface area contributed by atoms with Gasteiger partial charge in [0, 0.05) is 25.4 Å². The van der Waals surface area contributed by atoms with Crippen LogP contribution in [0.15, 0.2) is 0 Å². The number of hydrogen-bond donors (Lipinski definition) is 1. The lowest BCUT2D eigenvalue weighted by Crippen LogP contribution is -2.36. The molecule has 0 bridgehead atoms. The van der Waals surface area contributed by atoms with E-state index in [0.29, 0.717) is 18.9 Å². The Morgan fingerprint density at radius 2 is 2.07 bits per heavy atom. The zero-order valence-corrected chi connectivity index (χ0v) is 9.84. The molecule has 5 heteroatoms. The lowest BCUT2D eigenvalue weighted by Gasteiger charge is -2.31. The number of nitrogens with zero attached hydrogens (tertiary/aromatic N) is 1. The Balaban J connectivity index is 2.27. The Bertz CT molecular complexity index is 199. The molecule has 0 spiro atoms. The van der Waals surface area contributed by atoms with E-state index in [9.17, 15) is 4.57 Å². The third-order valence-corrected chi connectivity index (χ3v) is 5.05. The summed E-state index contributed by atoms with van der Waals surface area (Å²) in [5.74, 6) is 0. The van der Waals surface area contributed by atoms with E-state index < -0.39 is 7.37 Å². The summed E-state index contributed by atoms with van der Waals surface area (Å²) in [5, 5.41) is 0. The van der Waals surface area contributed by atoms with Crippen molar-refractivity contribution in [2.24, 2.45) is 5.73 Å². The van der Waals surface area contributed by atoms with E-state index in [1.54, 1.807) is 0 Å². The monoisotopic (exact) mass is 220 g/mol. The molecular weight excluding hydrogens is 199 g/mol. The molecule has 4 nitrogen and oxygen atoms in total. The minimum Gasteiger partial charge on any atom is -0.330 e. The molecular formula is C9H21N2O2P. The molecule has 84 valence electrons. The molecule has 14 heavy (non-hydrogen) atoms. The van der Waals surface area contributed by atoms with Gasteiger partial charge in [0.2, 0.25) is 7.37 Å². The van der Waals surface area contributed by atoms with Crippen molar-refractivity contribution in [1.82, 2.24) is 4.90 Å². The topological polar surface area (TPSA) is 55.6 Å². The molecule has 2 N–H and O–H groups in total. The van der Waals surface area contributed by atoms with Gasteiger partial charge in [0.15, 0.2) is 0 Å². The van der Waals surface area contributed by atoms with Crippen molar-refractivity contribution in [1.29, 1.82) is 0 Å². The first-order chi connectivity index (χ1) is 6.70. The minimum absolute atomic E-state index is 0.570. The van der Waals surface area contributed by atoms with Crippen LogP contribution in [0.3, 0.4) is 0 Å². The van der Waals surface area contributed by atoms with E-state index in [4.69, 9.17) is 10.3 Å². The standard InChI is InChI=1S/C9H21N2O2P/c1-2-13-14(12)8-6-11(7-9-14)5-3-4-10/h2-10H2,1H3. The van der Waals surface area contributed by atoms with E-state index in [-0.39, 0.29) is 0 Å². The predicted molar refractivity (Wildman–Crippen MR) is 59.1 cm³/mol. The van der Waals surface area contributed by atoms with Crippen LogP contribution in [0.4, 0.5) is 0 Å². The third kappa shape index (κ3) is 3.70. The maximum absolute atomic E-state index is 12.0. The zero-order valence-electron chi connectivity index (χ0n) is 8.95. The Morgan fingerprint density at radius 1 is 1.43 bits per heavy atom. The van der Waals surface area contributed by atoms with Crippen molar-refractivity contribution in [2.45, 2.75) is 13.3 Å². The summed E-state index contributed by atoms with van der Waals surface area (Å²) in [5.41, 5.74) is 5.44. The molecule has 1 aliphatic heterocycles. The Kier molecular flexibility index (Phi) is 5.10. The number of rotatable bonds is 5. The maximum Gasteiger partial charge on any atom is 0.205 e. The van der Waals surface area contributed by atoms with Gasteiger partial charge < -0.3 is 15.2 Å². The molecule has 0 aliphatic carbocycles. The maximum atomic E-state index is 12.0. The molecule has 0 atom stereocenters. The third-order valence-electron chi connectivity index (χ3n) is 2.56. The molecule has 0 aromatic rings. The van der Waals surface area contributed by atoms with Crippen LogP contribution >= 0.6 is 7.37 Å². The van der Waals surface area contributed by atoms with Crippen LogP contribution in [-0.4, -0.2) is 50.0 Å². The van der Waals surface area contributed by atoms with Crippen molar-refractivity contribution in [2.75, 3.05) is 45.1 Å². The smallest absolute Gasteiger partial charge is 0.205 e. The largest absolute Gasteiger partial charge is 0.330 e. The highest BCUT2D eigenvalue weighted by atomic mass is 31.2. The highest BCUT2D eigenvalue weighted by Gasteiger charge is 2.28. The predicted octanol–water partition coefficient (Wildman–Crippen LogP) is 0.965. The minimum atomic E-state index is -2.26. The van der Waals surface area contributed by atoms with Gasteiger partial charge in [-0.15, -0.1) is 0 Å². The van der Waals surface area contributed by atoms with Crippen LogP contribution in [0.2, 0.25) is 0 Å². The van der Waals surface area contributed by atoms with E-state index >= 15 is 0 Å². The molecule has 0 amide bonds. The van der Waals surface area contributed by atoms with Gasteiger partial charge in [-0.25, -0.2) is 0 Å². The van der Waals surface area contributed by atoms with E-state index in [1.165, 1.54) is 0 Å². The molecule has 0 radical (unpaired) electrons. The summed E-state index contributed by atoms with van der Waals surface area (Å²) in [7, 11) is -2.26. The Morgan fingerprint density at radius 3 is 2.57 bits per heavy atom. The quantitative estimate of drug-likeness (QED) is 0.701. The molecule has 1 rings (SSSR count). The van der Waals surface area contributed by atoms with Gasteiger partial charge in [0.05, 0.1) is 6.61 Å². The first-order valence-corrected chi connectivity index (χ1v) is 7.35. The van der Waals surface area contributed by atoms with Crippen LogP contribution in [-0.2, 0) is 9.09 Å². The van der Waals surface area contributed by atoms with Crippen molar-refractivity contribution in [3.63, 3.8) is 0 Å². The van der Waals surface area contributed by atoms with Crippen LogP contribution < -0.4 is 5.73 Å². The fourth-order valence-electron chi connectivity index (χ4n) is 1.71. The summed E-state index contributed by atoms with van der Waals surface area (Å²) in [6, 6.07) is 0. The summed E-state index contributed by atoms with van der Waals surface area (Å²) < 4.78 is 17.3. The highest BCUT2D eigenvalue weighted by Crippen LogP contribution is 2.48. The average Bonchev–Trinajstić information content (AvgIpc) is 2.17. The molecule has 0 aromatic heterocycles. The lowest BCUT2D eigenvalue weighted by atomic mass is 10.4. The fraction of sp³-hybridized carbons (Fsp3) is 1.00. The molecule has 1 aliphatic rings. The van der Waals surface area contributed by atoms with Gasteiger partial charge in [-0.05, 0) is 26.4 Å². The normalized spacial score (nSPS) is 22.4. The van der Waals surface area contributed by atoms with Gasteiger partial charge in [0.1, 0.15) is 0 Å². The SMILES string of the molecule is CCOP1(=O)CCN(CCCN)CC1. The number of hydrogen-bond acceptors (Lipinski definition) is 4. The van der Waals surface area contributed by atoms with Gasteiger partial charge in [-0.2, -0.15) is 0 Å². The molecule has 1 heterocycles. The van der Waals surface area contributed by atoms with Crippen molar-refractivity contribution in [3.05, 3.63) is 0 Å².